The fourth-order valence-electron chi connectivity index (χ4n) is 3.62. The van der Waals surface area contributed by atoms with Crippen LogP contribution in [0.25, 0.3) is 0 Å². The Labute approximate surface area is 186 Å². The van der Waals surface area contributed by atoms with Crippen LogP contribution in [0.1, 0.15) is 40.9 Å². The molecule has 7 heteroatoms. The third-order valence-electron chi connectivity index (χ3n) is 5.32. The number of amides is 1. The minimum Gasteiger partial charge on any atom is -0.390 e. The van der Waals surface area contributed by atoms with Gasteiger partial charge in [0, 0.05) is 43.6 Å². The van der Waals surface area contributed by atoms with Crippen LogP contribution in [-0.2, 0) is 11.2 Å². The lowest BCUT2D eigenvalue weighted by atomic mass is 10.1. The van der Waals surface area contributed by atoms with Gasteiger partial charge < -0.3 is 20.1 Å². The van der Waals surface area contributed by atoms with Gasteiger partial charge in [-0.15, -0.1) is 0 Å². The number of halogens is 1. The predicted molar refractivity (Wildman–Crippen MR) is 122 cm³/mol. The molecule has 0 aromatic heterocycles. The summed E-state index contributed by atoms with van der Waals surface area (Å²) in [5, 5.41) is 13.6. The van der Waals surface area contributed by atoms with E-state index in [0.29, 0.717) is 18.6 Å². The van der Waals surface area contributed by atoms with Crippen LogP contribution in [0, 0.1) is 0 Å². The van der Waals surface area contributed by atoms with Crippen LogP contribution in [0.5, 0.6) is 0 Å². The summed E-state index contributed by atoms with van der Waals surface area (Å²) in [5.74, 6) is 0.753. The molecule has 6 nitrogen and oxygen atoms in total. The third-order valence-corrected chi connectivity index (χ3v) is 5.85. The SMILES string of the molecule is CC/C(=N\c1ccc2c(c1)[C@@H](NC(=O)c1ccc(Br)cc1)[C@H](O)C2)N(C)CCOC. The highest BCUT2D eigenvalue weighted by Crippen LogP contribution is 2.34. The van der Waals surface area contributed by atoms with Crippen molar-refractivity contribution in [3.8, 4) is 0 Å². The number of ether oxygens (including phenoxy) is 1. The second-order valence-electron chi connectivity index (χ2n) is 7.41. The molecule has 3 rings (SSSR count). The van der Waals surface area contributed by atoms with E-state index in [1.807, 2.05) is 37.4 Å². The molecule has 0 fully saturated rings. The number of carbonyl (C=O) groups excluding carboxylic acids is 1. The van der Waals surface area contributed by atoms with Crippen LogP contribution < -0.4 is 5.32 Å². The first-order chi connectivity index (χ1) is 14.4. The van der Waals surface area contributed by atoms with E-state index in [1.165, 1.54) is 0 Å². The number of rotatable bonds is 7. The predicted octanol–water partition coefficient (Wildman–Crippen LogP) is 3.86. The van der Waals surface area contributed by atoms with Crippen molar-refractivity contribution < 1.29 is 14.6 Å². The van der Waals surface area contributed by atoms with E-state index in [4.69, 9.17) is 9.73 Å². The molecular formula is C23H28BrN3O3. The maximum atomic E-state index is 12.7. The van der Waals surface area contributed by atoms with Gasteiger partial charge in [0.1, 0.15) is 5.84 Å². The van der Waals surface area contributed by atoms with Gasteiger partial charge in [-0.2, -0.15) is 0 Å². The molecule has 2 aromatic rings. The number of hydrogen-bond donors (Lipinski definition) is 2. The van der Waals surface area contributed by atoms with E-state index in [-0.39, 0.29) is 5.91 Å². The standard InChI is InChI=1S/C23H28BrN3O3/c1-4-21(27(2)11-12-30-3)25-18-10-7-16-13-20(28)22(19(16)14-18)26-23(29)15-5-8-17(24)9-6-15/h5-10,14,20,22,28H,4,11-13H2,1-3H3,(H,26,29)/b25-21+/t20-,22-/m1/s1. The quantitative estimate of drug-likeness (QED) is 0.472. The molecule has 2 N–H and O–H groups in total. The molecule has 0 saturated heterocycles. The van der Waals surface area contributed by atoms with Gasteiger partial charge in [0.15, 0.2) is 0 Å². The topological polar surface area (TPSA) is 74.2 Å². The number of aliphatic hydroxyl groups is 1. The minimum absolute atomic E-state index is 0.207. The average molecular weight is 474 g/mol. The van der Waals surface area contributed by atoms with Crippen LogP contribution >= 0.6 is 15.9 Å². The Morgan fingerprint density at radius 2 is 2.03 bits per heavy atom. The molecule has 160 valence electrons. The van der Waals surface area contributed by atoms with Gasteiger partial charge in [-0.1, -0.05) is 28.9 Å². The molecule has 1 aliphatic carbocycles. The van der Waals surface area contributed by atoms with Gasteiger partial charge in [0.2, 0.25) is 0 Å². The van der Waals surface area contributed by atoms with E-state index in [0.717, 1.165) is 40.1 Å². The van der Waals surface area contributed by atoms with Gasteiger partial charge in [0.25, 0.3) is 5.91 Å². The number of carbonyl (C=O) groups is 1. The highest BCUT2D eigenvalue weighted by molar-refractivity contribution is 9.10. The zero-order chi connectivity index (χ0) is 21.7. The number of nitrogens with zero attached hydrogens (tertiary/aromatic N) is 2. The Morgan fingerprint density at radius 3 is 2.70 bits per heavy atom. The normalized spacial score (nSPS) is 18.2. The number of aliphatic imine (C=N–C) groups is 1. The molecule has 0 spiro atoms. The van der Waals surface area contributed by atoms with Crippen molar-refractivity contribution >= 4 is 33.4 Å². The summed E-state index contributed by atoms with van der Waals surface area (Å²) >= 11 is 3.38. The largest absolute Gasteiger partial charge is 0.390 e. The molecule has 0 aliphatic heterocycles. The molecule has 0 bridgehead atoms. The number of nitrogens with one attached hydrogen (secondary N) is 1. The maximum Gasteiger partial charge on any atom is 0.251 e. The molecule has 0 radical (unpaired) electrons. The van der Waals surface area contributed by atoms with Crippen molar-refractivity contribution in [2.75, 3.05) is 27.3 Å². The Hall–Kier alpha value is -2.22. The zero-order valence-electron chi connectivity index (χ0n) is 17.6. The molecule has 2 aromatic carbocycles. The van der Waals surface area contributed by atoms with Gasteiger partial charge in [-0.05, 0) is 47.5 Å². The Morgan fingerprint density at radius 1 is 1.30 bits per heavy atom. The molecule has 0 heterocycles. The second kappa shape index (κ2) is 10.2. The van der Waals surface area contributed by atoms with Crippen LogP contribution in [-0.4, -0.2) is 55.2 Å². The first-order valence-electron chi connectivity index (χ1n) is 10.1. The summed E-state index contributed by atoms with van der Waals surface area (Å²) in [6, 6.07) is 12.6. The Balaban J connectivity index is 1.81. The van der Waals surface area contributed by atoms with Crippen molar-refractivity contribution in [1.82, 2.24) is 10.2 Å². The van der Waals surface area contributed by atoms with Crippen molar-refractivity contribution in [1.29, 1.82) is 0 Å². The van der Waals surface area contributed by atoms with Crippen LogP contribution in [0.2, 0.25) is 0 Å². The fraction of sp³-hybridized carbons (Fsp3) is 0.391. The van der Waals surface area contributed by atoms with Gasteiger partial charge in [-0.25, -0.2) is 4.99 Å². The summed E-state index contributed by atoms with van der Waals surface area (Å²) in [4.78, 5) is 19.6. The van der Waals surface area contributed by atoms with E-state index in [9.17, 15) is 9.90 Å². The highest BCUT2D eigenvalue weighted by atomic mass is 79.9. The summed E-state index contributed by atoms with van der Waals surface area (Å²) in [5.41, 5.74) is 3.32. The lowest BCUT2D eigenvalue weighted by molar-refractivity contribution is 0.0858. The number of amidine groups is 1. The van der Waals surface area contributed by atoms with Gasteiger partial charge in [0.05, 0.1) is 24.4 Å². The average Bonchev–Trinajstić information content (AvgIpc) is 3.05. The summed E-state index contributed by atoms with van der Waals surface area (Å²) in [6.45, 7) is 3.47. The van der Waals surface area contributed by atoms with E-state index >= 15 is 0 Å². The minimum atomic E-state index is -0.659. The van der Waals surface area contributed by atoms with Crippen LogP contribution in [0.3, 0.4) is 0 Å². The number of methoxy groups -OCH3 is 1. The lowest BCUT2D eigenvalue weighted by Gasteiger charge is -2.21. The molecule has 0 saturated carbocycles. The van der Waals surface area contributed by atoms with Crippen molar-refractivity contribution in [2.45, 2.75) is 31.9 Å². The van der Waals surface area contributed by atoms with Crippen LogP contribution in [0.4, 0.5) is 5.69 Å². The van der Waals surface area contributed by atoms with Crippen molar-refractivity contribution in [2.24, 2.45) is 4.99 Å². The first-order valence-corrected chi connectivity index (χ1v) is 10.9. The molecular weight excluding hydrogens is 446 g/mol. The van der Waals surface area contributed by atoms with Crippen LogP contribution in [0.15, 0.2) is 51.9 Å². The number of hydrogen-bond acceptors (Lipinski definition) is 4. The highest BCUT2D eigenvalue weighted by Gasteiger charge is 2.32. The first kappa shape index (κ1) is 22.5. The number of benzene rings is 2. The number of likely N-dealkylation sites (N-methyl/N-ethyl adjacent to an activating group) is 1. The smallest absolute Gasteiger partial charge is 0.251 e. The maximum absolute atomic E-state index is 12.7. The molecule has 1 aliphatic rings. The third kappa shape index (κ3) is 5.28. The second-order valence-corrected chi connectivity index (χ2v) is 8.32. The molecule has 2 atom stereocenters. The van der Waals surface area contributed by atoms with Gasteiger partial charge in [-0.3, -0.25) is 4.79 Å². The van der Waals surface area contributed by atoms with E-state index < -0.39 is 12.1 Å². The molecule has 30 heavy (non-hydrogen) atoms. The number of aliphatic hydroxyl groups excluding tert-OH is 1. The molecule has 1 amide bonds. The Kier molecular flexibility index (Phi) is 7.64. The zero-order valence-corrected chi connectivity index (χ0v) is 19.1. The number of fused-ring (bicyclic) bond motifs is 1. The van der Waals surface area contributed by atoms with E-state index in [2.05, 4.69) is 33.1 Å². The Bertz CT molecular complexity index is 914. The summed E-state index contributed by atoms with van der Waals surface area (Å²) in [6.07, 6.45) is 0.650. The summed E-state index contributed by atoms with van der Waals surface area (Å²) < 4.78 is 6.07. The van der Waals surface area contributed by atoms with E-state index in [1.54, 1.807) is 19.2 Å². The lowest BCUT2D eigenvalue weighted by Crippen LogP contribution is -2.33. The van der Waals surface area contributed by atoms with Crippen molar-refractivity contribution in [3.05, 3.63) is 63.6 Å². The monoisotopic (exact) mass is 473 g/mol. The molecule has 0 unspecified atom stereocenters. The fourth-order valence-corrected chi connectivity index (χ4v) is 3.88. The summed E-state index contributed by atoms with van der Waals surface area (Å²) in [7, 11) is 3.69. The van der Waals surface area contributed by atoms with Crippen molar-refractivity contribution in [3.63, 3.8) is 0 Å². The van der Waals surface area contributed by atoms with Gasteiger partial charge >= 0.3 is 0 Å².